The Kier molecular flexibility index (Phi) is 8.17. The van der Waals surface area contributed by atoms with Crippen molar-refractivity contribution in [2.75, 3.05) is 0 Å². The molecule has 0 rings (SSSR count). The highest BCUT2D eigenvalue weighted by Gasteiger charge is 1.85. The first-order chi connectivity index (χ1) is 2.81. The molecule has 0 aromatic rings. The Balaban J connectivity index is 0. The predicted octanol–water partition coefficient (Wildman–Crippen LogP) is 0.320. The van der Waals surface area contributed by atoms with Crippen LogP contribution in [0, 0.1) is 12.3 Å². The van der Waals surface area contributed by atoms with Crippen molar-refractivity contribution in [2.45, 2.75) is 13.0 Å². The van der Waals surface area contributed by atoms with Gasteiger partial charge in [0.25, 0.3) is 0 Å². The van der Waals surface area contributed by atoms with Crippen LogP contribution in [0.15, 0.2) is 0 Å². The maximum absolute atomic E-state index is 4.83. The third-order valence-electron chi connectivity index (χ3n) is 0.439. The summed E-state index contributed by atoms with van der Waals surface area (Å²) >= 11 is 0. The van der Waals surface area contributed by atoms with Crippen LogP contribution in [0.4, 0.5) is 0 Å². The first-order valence-electron chi connectivity index (χ1n) is 1.63. The number of rotatable bonds is 1. The lowest BCUT2D eigenvalue weighted by Gasteiger charge is -1.93. The van der Waals surface area contributed by atoms with Crippen LogP contribution in [0.3, 0.4) is 0 Å². The van der Waals surface area contributed by atoms with Crippen LogP contribution < -0.4 is 5.90 Å². The molecule has 0 aliphatic heterocycles. The van der Waals surface area contributed by atoms with Gasteiger partial charge in [-0.1, -0.05) is 5.92 Å². The van der Waals surface area contributed by atoms with Gasteiger partial charge in [-0.25, -0.2) is 5.90 Å². The van der Waals surface area contributed by atoms with Crippen LogP contribution in [-0.4, -0.2) is 6.10 Å². The Bertz CT molecular complexity index is 68.6. The van der Waals surface area contributed by atoms with Crippen molar-refractivity contribution >= 4 is 12.4 Å². The highest BCUT2D eigenvalue weighted by molar-refractivity contribution is 5.85. The second-order valence-electron chi connectivity index (χ2n) is 0.945. The number of hydrogen-bond donors (Lipinski definition) is 1. The summed E-state index contributed by atoms with van der Waals surface area (Å²) in [5.41, 5.74) is 0. The van der Waals surface area contributed by atoms with Gasteiger partial charge >= 0.3 is 0 Å². The van der Waals surface area contributed by atoms with Gasteiger partial charge < -0.3 is 0 Å². The van der Waals surface area contributed by atoms with Crippen molar-refractivity contribution in [1.82, 2.24) is 0 Å². The molecular weight excluding hydrogens is 114 g/mol. The molecule has 0 saturated heterocycles. The van der Waals surface area contributed by atoms with Crippen LogP contribution in [0.2, 0.25) is 0 Å². The molecule has 7 heavy (non-hydrogen) atoms. The van der Waals surface area contributed by atoms with Gasteiger partial charge in [0.2, 0.25) is 0 Å². The zero-order valence-corrected chi connectivity index (χ0v) is 4.87. The lowest BCUT2D eigenvalue weighted by atomic mass is 10.4. The van der Waals surface area contributed by atoms with Gasteiger partial charge in [0.05, 0.1) is 0 Å². The maximum atomic E-state index is 4.83. The minimum Gasteiger partial charge on any atom is -0.289 e. The molecule has 0 aliphatic carbocycles. The molecular formula is C4H8ClNO. The van der Waals surface area contributed by atoms with Crippen LogP contribution in [0.1, 0.15) is 6.92 Å². The summed E-state index contributed by atoms with van der Waals surface area (Å²) in [5.74, 6) is 6.91. The molecule has 0 bridgehead atoms. The van der Waals surface area contributed by atoms with E-state index < -0.39 is 0 Å². The lowest BCUT2D eigenvalue weighted by Crippen LogP contribution is -2.09. The van der Waals surface area contributed by atoms with Crippen molar-refractivity contribution in [3.05, 3.63) is 0 Å². The monoisotopic (exact) mass is 121 g/mol. The molecule has 0 heterocycles. The molecule has 2 N–H and O–H groups in total. The minimum atomic E-state index is -0.259. The Hall–Kier alpha value is -0.230. The van der Waals surface area contributed by atoms with E-state index in [4.69, 9.17) is 6.42 Å². The number of terminal acetylenes is 1. The zero-order chi connectivity index (χ0) is 4.99. The summed E-state index contributed by atoms with van der Waals surface area (Å²) in [6, 6.07) is 0. The predicted molar refractivity (Wildman–Crippen MR) is 30.8 cm³/mol. The Morgan fingerprint density at radius 3 is 2.29 bits per heavy atom. The molecule has 0 radical (unpaired) electrons. The van der Waals surface area contributed by atoms with E-state index in [1.165, 1.54) is 0 Å². The third kappa shape index (κ3) is 5.77. The molecule has 3 heteroatoms. The summed E-state index contributed by atoms with van der Waals surface area (Å²) in [4.78, 5) is 4.16. The molecule has 1 unspecified atom stereocenters. The fourth-order valence-electron chi connectivity index (χ4n) is 0.0393. The first-order valence-corrected chi connectivity index (χ1v) is 1.63. The highest BCUT2D eigenvalue weighted by atomic mass is 35.5. The van der Waals surface area contributed by atoms with Gasteiger partial charge in [-0.15, -0.1) is 18.8 Å². The van der Waals surface area contributed by atoms with Crippen LogP contribution in [0.5, 0.6) is 0 Å². The van der Waals surface area contributed by atoms with E-state index in [2.05, 4.69) is 16.7 Å². The largest absolute Gasteiger partial charge is 0.289 e. The smallest absolute Gasteiger partial charge is 0.136 e. The van der Waals surface area contributed by atoms with Gasteiger partial charge in [-0.05, 0) is 6.92 Å². The average molecular weight is 122 g/mol. The van der Waals surface area contributed by atoms with Crippen molar-refractivity contribution in [3.8, 4) is 12.3 Å². The van der Waals surface area contributed by atoms with E-state index in [0.29, 0.717) is 0 Å². The van der Waals surface area contributed by atoms with Gasteiger partial charge in [0, 0.05) is 0 Å². The van der Waals surface area contributed by atoms with Gasteiger partial charge in [-0.2, -0.15) is 0 Å². The number of hydrogen-bond acceptors (Lipinski definition) is 2. The molecule has 0 spiro atoms. The topological polar surface area (TPSA) is 35.2 Å². The van der Waals surface area contributed by atoms with E-state index in [1.54, 1.807) is 6.92 Å². The second-order valence-corrected chi connectivity index (χ2v) is 0.945. The van der Waals surface area contributed by atoms with E-state index >= 15 is 0 Å². The normalized spacial score (nSPS) is 11.0. The zero-order valence-electron chi connectivity index (χ0n) is 4.05. The average Bonchev–Trinajstić information content (AvgIpc) is 1.65. The highest BCUT2D eigenvalue weighted by Crippen LogP contribution is 1.75. The SMILES string of the molecule is C#CC(C)ON.Cl. The molecule has 0 aromatic heterocycles. The van der Waals surface area contributed by atoms with Gasteiger partial charge in [0.1, 0.15) is 6.10 Å². The fourth-order valence-corrected chi connectivity index (χ4v) is 0.0393. The molecule has 0 aliphatic rings. The third-order valence-corrected chi connectivity index (χ3v) is 0.439. The molecule has 0 fully saturated rings. The van der Waals surface area contributed by atoms with Crippen molar-refractivity contribution in [3.63, 3.8) is 0 Å². The summed E-state index contributed by atoms with van der Waals surface area (Å²) in [5, 5.41) is 0. The van der Waals surface area contributed by atoms with E-state index in [1.807, 2.05) is 0 Å². The van der Waals surface area contributed by atoms with E-state index in [0.717, 1.165) is 0 Å². The van der Waals surface area contributed by atoms with Crippen LogP contribution in [0.25, 0.3) is 0 Å². The maximum Gasteiger partial charge on any atom is 0.136 e. The first kappa shape index (κ1) is 9.91. The Morgan fingerprint density at radius 1 is 1.86 bits per heavy atom. The van der Waals surface area contributed by atoms with Gasteiger partial charge in [-0.3, -0.25) is 4.84 Å². The summed E-state index contributed by atoms with van der Waals surface area (Å²) in [6.07, 6.45) is 4.57. The molecule has 1 atom stereocenters. The number of halogens is 1. The Labute approximate surface area is 49.4 Å². The fraction of sp³-hybridized carbons (Fsp3) is 0.500. The molecule has 0 aromatic carbocycles. The van der Waals surface area contributed by atoms with Crippen molar-refractivity contribution in [1.29, 1.82) is 0 Å². The minimum absolute atomic E-state index is 0. The number of nitrogens with two attached hydrogens (primary N) is 1. The van der Waals surface area contributed by atoms with Crippen molar-refractivity contribution in [2.24, 2.45) is 5.90 Å². The van der Waals surface area contributed by atoms with E-state index in [-0.39, 0.29) is 18.5 Å². The molecule has 0 amide bonds. The molecule has 42 valence electrons. The Morgan fingerprint density at radius 2 is 2.29 bits per heavy atom. The molecule has 0 saturated carbocycles. The van der Waals surface area contributed by atoms with Gasteiger partial charge in [0.15, 0.2) is 0 Å². The van der Waals surface area contributed by atoms with Crippen molar-refractivity contribution < 1.29 is 4.84 Å². The quantitative estimate of drug-likeness (QED) is 0.401. The molecule has 2 nitrogen and oxygen atoms in total. The second kappa shape index (κ2) is 5.77. The standard InChI is InChI=1S/C4H7NO.ClH/c1-3-4(2)6-5;/h1,4H,5H2,2H3;1H. The summed E-state index contributed by atoms with van der Waals surface area (Å²) in [6.45, 7) is 1.69. The summed E-state index contributed by atoms with van der Waals surface area (Å²) < 4.78 is 0. The van der Waals surface area contributed by atoms with E-state index in [9.17, 15) is 0 Å². The summed E-state index contributed by atoms with van der Waals surface area (Å²) in [7, 11) is 0. The lowest BCUT2D eigenvalue weighted by molar-refractivity contribution is 0.106. The van der Waals surface area contributed by atoms with Crippen LogP contribution in [-0.2, 0) is 4.84 Å². The van der Waals surface area contributed by atoms with Crippen LogP contribution >= 0.6 is 12.4 Å².